The van der Waals surface area contributed by atoms with Gasteiger partial charge in [0.2, 0.25) is 0 Å². The molecule has 1 rings (SSSR count). The predicted molar refractivity (Wildman–Crippen MR) is 81.5 cm³/mol. The van der Waals surface area contributed by atoms with E-state index in [0.29, 0.717) is 13.2 Å². The Labute approximate surface area is 117 Å². The van der Waals surface area contributed by atoms with E-state index in [4.69, 9.17) is 10.5 Å². The summed E-state index contributed by atoms with van der Waals surface area (Å²) in [7, 11) is 2.15. The van der Waals surface area contributed by atoms with E-state index in [2.05, 4.69) is 37.9 Å². The van der Waals surface area contributed by atoms with Crippen molar-refractivity contribution in [2.75, 3.05) is 26.7 Å². The molecular weight excluding hydrogens is 236 g/mol. The lowest BCUT2D eigenvalue weighted by atomic mass is 10.0. The molecule has 3 nitrogen and oxygen atoms in total. The molecule has 0 aliphatic heterocycles. The van der Waals surface area contributed by atoms with E-state index >= 15 is 0 Å². The molecule has 0 spiro atoms. The third-order valence-corrected chi connectivity index (χ3v) is 3.37. The van der Waals surface area contributed by atoms with Crippen molar-refractivity contribution in [3.8, 4) is 5.75 Å². The number of nitrogens with zero attached hydrogens (tertiary/aromatic N) is 1. The summed E-state index contributed by atoms with van der Waals surface area (Å²) in [6.45, 7) is 8.90. The Bertz CT molecular complexity index is 366. The minimum atomic E-state index is 0.263. The van der Waals surface area contributed by atoms with Gasteiger partial charge in [0, 0.05) is 12.6 Å². The van der Waals surface area contributed by atoms with E-state index in [1.807, 2.05) is 19.1 Å². The maximum absolute atomic E-state index is 5.95. The van der Waals surface area contributed by atoms with Crippen molar-refractivity contribution < 1.29 is 4.74 Å². The molecule has 0 aliphatic carbocycles. The molecule has 0 aliphatic rings. The fourth-order valence-corrected chi connectivity index (χ4v) is 2.17. The quantitative estimate of drug-likeness (QED) is 0.784. The van der Waals surface area contributed by atoms with Gasteiger partial charge in [-0.1, -0.05) is 26.0 Å². The molecular formula is C16H28N2O. The van der Waals surface area contributed by atoms with Gasteiger partial charge in [0.25, 0.3) is 0 Å². The van der Waals surface area contributed by atoms with Crippen molar-refractivity contribution in [2.24, 2.45) is 11.7 Å². The highest BCUT2D eigenvalue weighted by Gasteiger charge is 2.16. The molecule has 3 heteroatoms. The molecule has 108 valence electrons. The van der Waals surface area contributed by atoms with Crippen LogP contribution in [0.25, 0.3) is 0 Å². The monoisotopic (exact) mass is 264 g/mol. The Kier molecular flexibility index (Phi) is 6.89. The maximum Gasteiger partial charge on any atom is 0.119 e. The van der Waals surface area contributed by atoms with Gasteiger partial charge >= 0.3 is 0 Å². The first-order valence-corrected chi connectivity index (χ1v) is 7.21. The number of ether oxygens (including phenoxy) is 1. The molecule has 0 radical (unpaired) electrons. The summed E-state index contributed by atoms with van der Waals surface area (Å²) in [5.41, 5.74) is 7.19. The fourth-order valence-electron chi connectivity index (χ4n) is 2.17. The Morgan fingerprint density at radius 2 is 2.05 bits per heavy atom. The smallest absolute Gasteiger partial charge is 0.119 e. The van der Waals surface area contributed by atoms with E-state index in [1.54, 1.807) is 0 Å². The van der Waals surface area contributed by atoms with Crippen LogP contribution in [-0.4, -0.2) is 31.6 Å². The van der Waals surface area contributed by atoms with Crippen LogP contribution in [0.3, 0.4) is 0 Å². The second kappa shape index (κ2) is 8.18. The van der Waals surface area contributed by atoms with Crippen LogP contribution in [0, 0.1) is 5.92 Å². The summed E-state index contributed by atoms with van der Waals surface area (Å²) < 4.78 is 5.56. The van der Waals surface area contributed by atoms with Gasteiger partial charge in [-0.3, -0.25) is 4.90 Å². The summed E-state index contributed by atoms with van der Waals surface area (Å²) >= 11 is 0. The van der Waals surface area contributed by atoms with E-state index in [-0.39, 0.29) is 6.04 Å². The molecule has 0 amide bonds. The predicted octanol–water partition coefficient (Wildman–Crippen LogP) is 3.06. The van der Waals surface area contributed by atoms with Gasteiger partial charge in [0.05, 0.1) is 6.61 Å². The number of hydrogen-bond donors (Lipinski definition) is 1. The number of benzene rings is 1. The fraction of sp³-hybridized carbons (Fsp3) is 0.625. The molecule has 0 saturated carbocycles. The summed E-state index contributed by atoms with van der Waals surface area (Å²) in [5.74, 6) is 1.64. The summed E-state index contributed by atoms with van der Waals surface area (Å²) in [6.07, 6.45) is 1.19. The van der Waals surface area contributed by atoms with E-state index < -0.39 is 0 Å². The second-order valence-electron chi connectivity index (χ2n) is 5.42. The third-order valence-electron chi connectivity index (χ3n) is 3.37. The lowest BCUT2D eigenvalue weighted by molar-refractivity contribution is 0.235. The molecule has 1 aromatic rings. The standard InChI is InChI=1S/C16H28N2O/c1-5-19-15-8-6-7-14(11-15)16(12-17)18(4)10-9-13(2)3/h6-8,11,13,16H,5,9-10,12,17H2,1-4H3. The largest absolute Gasteiger partial charge is 0.494 e. The average molecular weight is 264 g/mol. The number of rotatable bonds is 8. The Hall–Kier alpha value is -1.06. The van der Waals surface area contributed by atoms with Crippen LogP contribution in [0.5, 0.6) is 5.75 Å². The molecule has 0 bridgehead atoms. The van der Waals surface area contributed by atoms with E-state index in [0.717, 1.165) is 18.2 Å². The van der Waals surface area contributed by atoms with Gasteiger partial charge in [-0.15, -0.1) is 0 Å². The first-order chi connectivity index (χ1) is 9.08. The van der Waals surface area contributed by atoms with Gasteiger partial charge in [-0.05, 0) is 50.6 Å². The molecule has 1 atom stereocenters. The van der Waals surface area contributed by atoms with Crippen LogP contribution >= 0.6 is 0 Å². The zero-order chi connectivity index (χ0) is 14.3. The summed E-state index contributed by atoms with van der Waals surface area (Å²) in [5, 5.41) is 0. The minimum absolute atomic E-state index is 0.263. The molecule has 1 unspecified atom stereocenters. The summed E-state index contributed by atoms with van der Waals surface area (Å²) in [6, 6.07) is 8.53. The van der Waals surface area contributed by atoms with E-state index in [1.165, 1.54) is 12.0 Å². The maximum atomic E-state index is 5.95. The van der Waals surface area contributed by atoms with Crippen molar-refractivity contribution >= 4 is 0 Å². The molecule has 0 fully saturated rings. The lowest BCUT2D eigenvalue weighted by Crippen LogP contribution is -2.31. The molecule has 1 aromatic carbocycles. The van der Waals surface area contributed by atoms with Crippen molar-refractivity contribution in [2.45, 2.75) is 33.2 Å². The zero-order valence-electron chi connectivity index (χ0n) is 12.7. The average Bonchev–Trinajstić information content (AvgIpc) is 2.38. The highest BCUT2D eigenvalue weighted by atomic mass is 16.5. The number of nitrogens with two attached hydrogens (primary N) is 1. The molecule has 0 aromatic heterocycles. The van der Waals surface area contributed by atoms with Gasteiger partial charge in [-0.2, -0.15) is 0 Å². The van der Waals surface area contributed by atoms with Crippen LogP contribution in [-0.2, 0) is 0 Å². The topological polar surface area (TPSA) is 38.5 Å². The van der Waals surface area contributed by atoms with Gasteiger partial charge in [-0.25, -0.2) is 0 Å². The Morgan fingerprint density at radius 1 is 1.32 bits per heavy atom. The van der Waals surface area contributed by atoms with Crippen molar-refractivity contribution in [1.82, 2.24) is 4.90 Å². The molecule has 2 N–H and O–H groups in total. The van der Waals surface area contributed by atoms with Gasteiger partial charge in [0.1, 0.15) is 5.75 Å². The normalized spacial score (nSPS) is 13.0. The van der Waals surface area contributed by atoms with Crippen LogP contribution in [0.4, 0.5) is 0 Å². The van der Waals surface area contributed by atoms with Crippen molar-refractivity contribution in [1.29, 1.82) is 0 Å². The van der Waals surface area contributed by atoms with Crippen LogP contribution in [0.15, 0.2) is 24.3 Å². The first-order valence-electron chi connectivity index (χ1n) is 7.21. The first kappa shape index (κ1) is 16.0. The molecule has 19 heavy (non-hydrogen) atoms. The zero-order valence-corrected chi connectivity index (χ0v) is 12.7. The van der Waals surface area contributed by atoms with Crippen molar-refractivity contribution in [3.63, 3.8) is 0 Å². The number of likely N-dealkylation sites (N-methyl/N-ethyl adjacent to an activating group) is 1. The third kappa shape index (κ3) is 5.21. The molecule has 0 saturated heterocycles. The SMILES string of the molecule is CCOc1cccc(C(CN)N(C)CCC(C)C)c1. The highest BCUT2D eigenvalue weighted by Crippen LogP contribution is 2.23. The van der Waals surface area contributed by atoms with Crippen LogP contribution in [0.2, 0.25) is 0 Å². The summed E-state index contributed by atoms with van der Waals surface area (Å²) in [4.78, 5) is 2.34. The van der Waals surface area contributed by atoms with Gasteiger partial charge in [0.15, 0.2) is 0 Å². The van der Waals surface area contributed by atoms with Crippen LogP contribution < -0.4 is 10.5 Å². The lowest BCUT2D eigenvalue weighted by Gasteiger charge is -2.28. The Balaban J connectivity index is 2.75. The number of hydrogen-bond acceptors (Lipinski definition) is 3. The van der Waals surface area contributed by atoms with Crippen molar-refractivity contribution in [3.05, 3.63) is 29.8 Å². The highest BCUT2D eigenvalue weighted by molar-refractivity contribution is 5.30. The minimum Gasteiger partial charge on any atom is -0.494 e. The van der Waals surface area contributed by atoms with Gasteiger partial charge < -0.3 is 10.5 Å². The molecule has 0 heterocycles. The van der Waals surface area contributed by atoms with Crippen LogP contribution in [0.1, 0.15) is 38.8 Å². The Morgan fingerprint density at radius 3 is 2.63 bits per heavy atom. The second-order valence-corrected chi connectivity index (χ2v) is 5.42. The van der Waals surface area contributed by atoms with E-state index in [9.17, 15) is 0 Å².